The molecule has 1 aromatic carbocycles. The van der Waals surface area contributed by atoms with Crippen molar-refractivity contribution in [3.8, 4) is 0 Å². The first-order chi connectivity index (χ1) is 10.1. The Labute approximate surface area is 129 Å². The molecule has 0 unspecified atom stereocenters. The number of rotatable bonds is 0. The molecule has 2 aromatic rings. The van der Waals surface area contributed by atoms with Crippen molar-refractivity contribution in [3.05, 3.63) is 40.8 Å². The van der Waals surface area contributed by atoms with Crippen LogP contribution in [0, 0.1) is 0 Å². The molecule has 0 saturated heterocycles. The Hall–Kier alpha value is -1.81. The van der Waals surface area contributed by atoms with Crippen LogP contribution in [0.2, 0.25) is 5.15 Å². The molecule has 3 heterocycles. The predicted molar refractivity (Wildman–Crippen MR) is 85.5 cm³/mol. The molecule has 4 rings (SSSR count). The van der Waals surface area contributed by atoms with Crippen molar-refractivity contribution in [1.29, 1.82) is 0 Å². The van der Waals surface area contributed by atoms with E-state index >= 15 is 0 Å². The van der Waals surface area contributed by atoms with Gasteiger partial charge < -0.3 is 10.2 Å². The highest BCUT2D eigenvalue weighted by molar-refractivity contribution is 6.32. The van der Waals surface area contributed by atoms with Gasteiger partial charge in [0, 0.05) is 12.1 Å². The minimum Gasteiger partial charge on any atom is -0.370 e. The summed E-state index contributed by atoms with van der Waals surface area (Å²) in [4.78, 5) is 10.9. The van der Waals surface area contributed by atoms with E-state index in [0.717, 1.165) is 30.9 Å². The summed E-state index contributed by atoms with van der Waals surface area (Å²) < 4.78 is 0. The molecule has 0 saturated carbocycles. The Morgan fingerprint density at radius 3 is 3.00 bits per heavy atom. The lowest BCUT2D eigenvalue weighted by Crippen LogP contribution is -2.29. The molecule has 0 radical (unpaired) electrons. The standard InChI is InChI=1S/C16H17ClN4/c1-16(2)11-7-3-5-10-6-4-8-21(13(10)11)15-12(20-16)14(17)18-9-19-15/h3,5,7,9,20H,4,6,8H2,1-2H3. The Morgan fingerprint density at radius 2 is 2.14 bits per heavy atom. The van der Waals surface area contributed by atoms with Crippen molar-refractivity contribution in [1.82, 2.24) is 9.97 Å². The average Bonchev–Trinajstić information content (AvgIpc) is 2.57. The summed E-state index contributed by atoms with van der Waals surface area (Å²) in [6.07, 6.45) is 3.78. The zero-order valence-corrected chi connectivity index (χ0v) is 12.9. The lowest BCUT2D eigenvalue weighted by atomic mass is 9.88. The van der Waals surface area contributed by atoms with E-state index in [-0.39, 0.29) is 5.54 Å². The number of hydrogen-bond acceptors (Lipinski definition) is 4. The number of aryl methyl sites for hydroxylation is 1. The monoisotopic (exact) mass is 300 g/mol. The van der Waals surface area contributed by atoms with Gasteiger partial charge in [-0.1, -0.05) is 29.8 Å². The fourth-order valence-electron chi connectivity index (χ4n) is 3.41. The molecule has 0 aliphatic carbocycles. The number of benzene rings is 1. The van der Waals surface area contributed by atoms with Gasteiger partial charge in [-0.2, -0.15) is 0 Å². The van der Waals surface area contributed by atoms with Crippen LogP contribution < -0.4 is 10.2 Å². The molecular weight excluding hydrogens is 284 g/mol. The minimum absolute atomic E-state index is 0.222. The fourth-order valence-corrected chi connectivity index (χ4v) is 3.59. The van der Waals surface area contributed by atoms with Gasteiger partial charge in [0.05, 0.1) is 11.2 Å². The number of hydrogen-bond donors (Lipinski definition) is 1. The summed E-state index contributed by atoms with van der Waals surface area (Å²) in [5, 5.41) is 4.02. The van der Waals surface area contributed by atoms with Gasteiger partial charge >= 0.3 is 0 Å². The molecule has 0 bridgehead atoms. The van der Waals surface area contributed by atoms with Gasteiger partial charge in [-0.05, 0) is 32.3 Å². The van der Waals surface area contributed by atoms with Crippen LogP contribution in [0.25, 0.3) is 0 Å². The Morgan fingerprint density at radius 1 is 1.29 bits per heavy atom. The van der Waals surface area contributed by atoms with Crippen molar-refractivity contribution in [2.45, 2.75) is 32.2 Å². The fraction of sp³-hybridized carbons (Fsp3) is 0.375. The molecule has 2 aliphatic heterocycles. The van der Waals surface area contributed by atoms with Crippen molar-refractivity contribution in [2.24, 2.45) is 0 Å². The predicted octanol–water partition coefficient (Wildman–Crippen LogP) is 3.87. The molecule has 1 aromatic heterocycles. The molecule has 0 spiro atoms. The number of para-hydroxylation sites is 1. The smallest absolute Gasteiger partial charge is 0.161 e. The Bertz CT molecular complexity index is 726. The van der Waals surface area contributed by atoms with Gasteiger partial charge in [0.15, 0.2) is 11.0 Å². The number of anilines is 3. The van der Waals surface area contributed by atoms with Gasteiger partial charge in [-0.15, -0.1) is 0 Å². The first-order valence-corrected chi connectivity index (χ1v) is 7.64. The van der Waals surface area contributed by atoms with Crippen LogP contribution in [-0.2, 0) is 12.0 Å². The van der Waals surface area contributed by atoms with Crippen LogP contribution in [0.3, 0.4) is 0 Å². The second-order valence-electron chi connectivity index (χ2n) is 6.18. The number of halogens is 1. The van der Waals surface area contributed by atoms with Gasteiger partial charge in [0.1, 0.15) is 12.0 Å². The second kappa shape index (κ2) is 4.34. The van der Waals surface area contributed by atoms with Crippen LogP contribution in [0.4, 0.5) is 17.2 Å². The highest BCUT2D eigenvalue weighted by Crippen LogP contribution is 2.47. The first kappa shape index (κ1) is 12.9. The van der Waals surface area contributed by atoms with Crippen LogP contribution >= 0.6 is 11.6 Å². The summed E-state index contributed by atoms with van der Waals surface area (Å²) in [6, 6.07) is 6.55. The maximum atomic E-state index is 6.32. The van der Waals surface area contributed by atoms with Gasteiger partial charge in [0.25, 0.3) is 0 Å². The SMILES string of the molecule is CC1(C)Nc2c(Cl)ncnc2N2CCCc3cccc1c32. The third-order valence-corrected chi connectivity index (χ3v) is 4.65. The molecule has 108 valence electrons. The highest BCUT2D eigenvalue weighted by atomic mass is 35.5. The van der Waals surface area contributed by atoms with Crippen molar-refractivity contribution >= 4 is 28.8 Å². The van der Waals surface area contributed by atoms with Gasteiger partial charge in [-0.3, -0.25) is 0 Å². The highest BCUT2D eigenvalue weighted by Gasteiger charge is 2.36. The van der Waals surface area contributed by atoms with E-state index in [2.05, 4.69) is 52.2 Å². The zero-order valence-electron chi connectivity index (χ0n) is 12.2. The molecule has 0 fully saturated rings. The lowest BCUT2D eigenvalue weighted by Gasteiger charge is -2.33. The molecular formula is C16H17ClN4. The van der Waals surface area contributed by atoms with Crippen molar-refractivity contribution in [3.63, 3.8) is 0 Å². The van der Waals surface area contributed by atoms with Crippen LogP contribution in [-0.4, -0.2) is 16.5 Å². The third-order valence-electron chi connectivity index (χ3n) is 4.36. The van der Waals surface area contributed by atoms with E-state index in [4.69, 9.17) is 11.6 Å². The van der Waals surface area contributed by atoms with E-state index < -0.39 is 0 Å². The number of nitrogens with one attached hydrogen (secondary N) is 1. The maximum Gasteiger partial charge on any atom is 0.161 e. The summed E-state index contributed by atoms with van der Waals surface area (Å²) >= 11 is 6.32. The second-order valence-corrected chi connectivity index (χ2v) is 6.54. The van der Waals surface area contributed by atoms with Gasteiger partial charge in [-0.25, -0.2) is 9.97 Å². The van der Waals surface area contributed by atoms with Crippen molar-refractivity contribution < 1.29 is 0 Å². The summed E-state index contributed by atoms with van der Waals surface area (Å²) in [5.74, 6) is 0.883. The molecule has 1 N–H and O–H groups in total. The van der Waals surface area contributed by atoms with E-state index in [1.54, 1.807) is 0 Å². The first-order valence-electron chi connectivity index (χ1n) is 7.26. The van der Waals surface area contributed by atoms with E-state index in [0.29, 0.717) is 5.15 Å². The number of nitrogens with zero attached hydrogens (tertiary/aromatic N) is 3. The molecule has 0 atom stereocenters. The average molecular weight is 301 g/mol. The van der Waals surface area contributed by atoms with Gasteiger partial charge in [0.2, 0.25) is 0 Å². The molecule has 2 aliphatic rings. The van der Waals surface area contributed by atoms with E-state index in [1.807, 2.05) is 0 Å². The Balaban J connectivity index is 2.07. The molecule has 0 amide bonds. The Kier molecular flexibility index (Phi) is 2.67. The normalized spacial score (nSPS) is 18.3. The largest absolute Gasteiger partial charge is 0.370 e. The quantitative estimate of drug-likeness (QED) is 0.750. The van der Waals surface area contributed by atoms with Crippen LogP contribution in [0.1, 0.15) is 31.4 Å². The summed E-state index contributed by atoms with van der Waals surface area (Å²) in [6.45, 7) is 5.31. The van der Waals surface area contributed by atoms with E-state index in [1.165, 1.54) is 23.1 Å². The maximum absolute atomic E-state index is 6.32. The van der Waals surface area contributed by atoms with Crippen LogP contribution in [0.5, 0.6) is 0 Å². The molecule has 5 heteroatoms. The summed E-state index contributed by atoms with van der Waals surface area (Å²) in [5.41, 5.74) is 4.56. The minimum atomic E-state index is -0.222. The third kappa shape index (κ3) is 1.82. The lowest BCUT2D eigenvalue weighted by molar-refractivity contribution is 0.609. The van der Waals surface area contributed by atoms with E-state index in [9.17, 15) is 0 Å². The molecule has 4 nitrogen and oxygen atoms in total. The van der Waals surface area contributed by atoms with Crippen LogP contribution in [0.15, 0.2) is 24.5 Å². The topological polar surface area (TPSA) is 41.1 Å². The summed E-state index contributed by atoms with van der Waals surface area (Å²) in [7, 11) is 0. The zero-order chi connectivity index (χ0) is 14.6. The number of fused-ring (bicyclic) bond motifs is 2. The van der Waals surface area contributed by atoms with Crippen molar-refractivity contribution in [2.75, 3.05) is 16.8 Å². The molecule has 21 heavy (non-hydrogen) atoms. The number of aromatic nitrogens is 2.